The van der Waals surface area contributed by atoms with Crippen molar-refractivity contribution in [3.05, 3.63) is 29.8 Å². The van der Waals surface area contributed by atoms with Crippen LogP contribution in [0.15, 0.2) is 29.2 Å². The first-order valence-electron chi connectivity index (χ1n) is 6.34. The highest BCUT2D eigenvalue weighted by Crippen LogP contribution is 2.12. The fraction of sp³-hybridized carbons (Fsp3) is 0.385. The molecule has 1 rings (SSSR count). The van der Waals surface area contributed by atoms with Gasteiger partial charge in [0.25, 0.3) is 5.91 Å². The molecule has 1 atom stereocenters. The van der Waals surface area contributed by atoms with E-state index in [1.807, 2.05) is 0 Å². The van der Waals surface area contributed by atoms with E-state index in [2.05, 4.69) is 10.0 Å². The maximum absolute atomic E-state index is 11.9. The monoisotopic (exact) mass is 314 g/mol. The summed E-state index contributed by atoms with van der Waals surface area (Å²) in [7, 11) is -2.37. The summed E-state index contributed by atoms with van der Waals surface area (Å²) in [5.74, 6) is -1.17. The molecule has 0 heterocycles. The quantitative estimate of drug-likeness (QED) is 0.734. The third-order valence-corrected chi connectivity index (χ3v) is 4.06. The number of amides is 1. The van der Waals surface area contributed by atoms with Gasteiger partial charge in [0.1, 0.15) is 0 Å². The molecule has 0 saturated heterocycles. The second-order valence-corrected chi connectivity index (χ2v) is 6.06. The van der Waals surface area contributed by atoms with Crippen LogP contribution in [0.3, 0.4) is 0 Å². The van der Waals surface area contributed by atoms with E-state index >= 15 is 0 Å². The fourth-order valence-corrected chi connectivity index (χ4v) is 2.28. The molecule has 0 fully saturated rings. The Morgan fingerprint density at radius 1 is 1.33 bits per heavy atom. The van der Waals surface area contributed by atoms with Crippen molar-refractivity contribution in [2.75, 3.05) is 13.6 Å². The van der Waals surface area contributed by atoms with Crippen molar-refractivity contribution < 1.29 is 22.7 Å². The molecule has 0 aliphatic rings. The van der Waals surface area contributed by atoms with Gasteiger partial charge in [-0.3, -0.25) is 4.79 Å². The molecule has 0 radical (unpaired) electrons. The first-order chi connectivity index (χ1) is 9.81. The van der Waals surface area contributed by atoms with E-state index in [9.17, 15) is 18.0 Å². The molecule has 0 bridgehead atoms. The van der Waals surface area contributed by atoms with Crippen LogP contribution in [0.1, 0.15) is 24.2 Å². The van der Waals surface area contributed by atoms with Crippen LogP contribution in [0, 0.1) is 0 Å². The Bertz CT molecular complexity index is 627. The first kappa shape index (κ1) is 17.1. The lowest BCUT2D eigenvalue weighted by Crippen LogP contribution is -2.35. The van der Waals surface area contributed by atoms with Crippen LogP contribution in [0.2, 0.25) is 0 Å². The fourth-order valence-electron chi connectivity index (χ4n) is 1.51. The molecule has 0 saturated carbocycles. The largest absolute Gasteiger partial charge is 0.449 e. The molecular formula is C13H18N2O5S. The molecule has 21 heavy (non-hydrogen) atoms. The molecule has 0 aliphatic heterocycles. The summed E-state index contributed by atoms with van der Waals surface area (Å²) < 4.78 is 30.5. The normalized spacial score (nSPS) is 12.5. The summed E-state index contributed by atoms with van der Waals surface area (Å²) in [6.07, 6.45) is -0.956. The average Bonchev–Trinajstić information content (AvgIpc) is 2.47. The molecular weight excluding hydrogens is 296 g/mol. The molecule has 1 aromatic rings. The predicted octanol–water partition coefficient (Wildman–Crippen LogP) is 0.276. The van der Waals surface area contributed by atoms with E-state index in [4.69, 9.17) is 4.74 Å². The van der Waals surface area contributed by atoms with Crippen LogP contribution in [0.4, 0.5) is 0 Å². The second kappa shape index (κ2) is 7.19. The number of hydrogen-bond donors (Lipinski definition) is 2. The highest BCUT2D eigenvalue weighted by atomic mass is 32.2. The van der Waals surface area contributed by atoms with Crippen LogP contribution >= 0.6 is 0 Å². The molecule has 7 nitrogen and oxygen atoms in total. The van der Waals surface area contributed by atoms with Gasteiger partial charge in [0.05, 0.1) is 10.5 Å². The number of likely N-dealkylation sites (N-methyl/N-ethyl adjacent to an activating group) is 1. The Labute approximate surface area is 123 Å². The molecule has 0 unspecified atom stereocenters. The van der Waals surface area contributed by atoms with E-state index in [-0.39, 0.29) is 10.5 Å². The Balaban J connectivity index is 2.89. The number of ether oxygens (including phenoxy) is 1. The number of carbonyl (C=O) groups is 2. The number of benzene rings is 1. The first-order valence-corrected chi connectivity index (χ1v) is 7.82. The van der Waals surface area contributed by atoms with Crippen LogP contribution in [0.25, 0.3) is 0 Å². The lowest BCUT2D eigenvalue weighted by Gasteiger charge is -2.13. The van der Waals surface area contributed by atoms with Gasteiger partial charge in [-0.25, -0.2) is 17.9 Å². The summed E-state index contributed by atoms with van der Waals surface area (Å²) in [4.78, 5) is 23.4. The van der Waals surface area contributed by atoms with Crippen molar-refractivity contribution in [2.45, 2.75) is 24.8 Å². The Hall–Kier alpha value is -1.93. The van der Waals surface area contributed by atoms with Crippen molar-refractivity contribution in [1.29, 1.82) is 0 Å². The number of sulfonamides is 1. The predicted molar refractivity (Wildman–Crippen MR) is 76.2 cm³/mol. The number of nitrogens with one attached hydrogen (secondary N) is 2. The van der Waals surface area contributed by atoms with E-state index in [0.717, 1.165) is 0 Å². The van der Waals surface area contributed by atoms with E-state index in [1.165, 1.54) is 38.2 Å². The minimum Gasteiger partial charge on any atom is -0.449 e. The molecule has 116 valence electrons. The zero-order chi connectivity index (χ0) is 16.0. The summed E-state index contributed by atoms with van der Waals surface area (Å²) in [6, 6.07) is 5.40. The second-order valence-electron chi connectivity index (χ2n) is 4.18. The number of hydrogen-bond acceptors (Lipinski definition) is 5. The van der Waals surface area contributed by atoms with Crippen LogP contribution in [-0.4, -0.2) is 40.0 Å². The van der Waals surface area contributed by atoms with Gasteiger partial charge < -0.3 is 10.1 Å². The van der Waals surface area contributed by atoms with Crippen molar-refractivity contribution in [3.63, 3.8) is 0 Å². The van der Waals surface area contributed by atoms with Crippen molar-refractivity contribution in [1.82, 2.24) is 10.0 Å². The lowest BCUT2D eigenvalue weighted by atomic mass is 10.2. The van der Waals surface area contributed by atoms with Gasteiger partial charge in [0, 0.05) is 6.54 Å². The highest BCUT2D eigenvalue weighted by molar-refractivity contribution is 7.89. The Morgan fingerprint density at radius 3 is 2.57 bits per heavy atom. The molecule has 0 aliphatic carbocycles. The zero-order valence-electron chi connectivity index (χ0n) is 12.0. The van der Waals surface area contributed by atoms with Crippen LogP contribution < -0.4 is 10.0 Å². The number of esters is 1. The van der Waals surface area contributed by atoms with Gasteiger partial charge in [-0.15, -0.1) is 0 Å². The minimum absolute atomic E-state index is 0.0508. The molecule has 0 spiro atoms. The van der Waals surface area contributed by atoms with Gasteiger partial charge in [0.2, 0.25) is 10.0 Å². The highest BCUT2D eigenvalue weighted by Gasteiger charge is 2.20. The third-order valence-electron chi connectivity index (χ3n) is 2.65. The average molecular weight is 314 g/mol. The van der Waals surface area contributed by atoms with Crippen LogP contribution in [0.5, 0.6) is 0 Å². The van der Waals surface area contributed by atoms with Crippen molar-refractivity contribution in [2.24, 2.45) is 0 Å². The molecule has 8 heteroatoms. The number of carbonyl (C=O) groups excluding carboxylic acids is 2. The summed E-state index contributed by atoms with van der Waals surface area (Å²) in [5, 5.41) is 2.52. The maximum atomic E-state index is 11.9. The molecule has 1 aromatic carbocycles. The van der Waals surface area contributed by atoms with Gasteiger partial charge in [-0.1, -0.05) is 6.07 Å². The third kappa shape index (κ3) is 4.54. The lowest BCUT2D eigenvalue weighted by molar-refractivity contribution is -0.128. The molecule has 2 N–H and O–H groups in total. The summed E-state index contributed by atoms with van der Waals surface area (Å²) in [5.41, 5.74) is 0.0578. The molecule has 1 amide bonds. The summed E-state index contributed by atoms with van der Waals surface area (Å²) in [6.45, 7) is 3.62. The maximum Gasteiger partial charge on any atom is 0.338 e. The zero-order valence-corrected chi connectivity index (χ0v) is 12.9. The van der Waals surface area contributed by atoms with E-state index < -0.39 is 28.0 Å². The molecule has 0 aromatic heterocycles. The Morgan fingerprint density at radius 2 is 2.00 bits per heavy atom. The van der Waals surface area contributed by atoms with Gasteiger partial charge in [-0.05, 0) is 39.1 Å². The SMILES string of the molecule is CCNC(=O)[C@H](C)OC(=O)c1cccc(S(=O)(=O)NC)c1. The Kier molecular flexibility index (Phi) is 5.86. The van der Waals surface area contributed by atoms with Crippen molar-refractivity contribution in [3.8, 4) is 0 Å². The van der Waals surface area contributed by atoms with Gasteiger partial charge >= 0.3 is 5.97 Å². The number of rotatable bonds is 6. The smallest absolute Gasteiger partial charge is 0.338 e. The standard InChI is InChI=1S/C13H18N2O5S/c1-4-15-12(16)9(2)20-13(17)10-6-5-7-11(8-10)21(18,19)14-3/h5-9,14H,4H2,1-3H3,(H,15,16)/t9-/m0/s1. The summed E-state index contributed by atoms with van der Waals surface area (Å²) >= 11 is 0. The van der Waals surface area contributed by atoms with Gasteiger partial charge in [-0.2, -0.15) is 0 Å². The van der Waals surface area contributed by atoms with E-state index in [0.29, 0.717) is 6.54 Å². The van der Waals surface area contributed by atoms with Crippen LogP contribution in [-0.2, 0) is 19.6 Å². The van der Waals surface area contributed by atoms with Crippen molar-refractivity contribution >= 4 is 21.9 Å². The topological polar surface area (TPSA) is 102 Å². The van der Waals surface area contributed by atoms with E-state index in [1.54, 1.807) is 6.92 Å². The minimum atomic E-state index is -3.64. The van der Waals surface area contributed by atoms with Gasteiger partial charge in [0.15, 0.2) is 6.10 Å².